The molecule has 1 heterocycles. The van der Waals surface area contributed by atoms with E-state index in [4.69, 9.17) is 16.3 Å². The number of carbonyl (C=O) groups is 1. The number of aryl methyl sites for hydroxylation is 1. The molecule has 0 N–H and O–H groups in total. The maximum Gasteiger partial charge on any atom is 0.340 e. The fourth-order valence-corrected chi connectivity index (χ4v) is 2.11. The minimum absolute atomic E-state index is 0.356. The molecule has 2 rings (SSSR count). The Morgan fingerprint density at radius 3 is 2.48 bits per heavy atom. The smallest absolute Gasteiger partial charge is 0.340 e. The third-order valence-corrected chi connectivity index (χ3v) is 3.06. The lowest BCUT2D eigenvalue weighted by Crippen LogP contribution is -2.24. The number of halogens is 1. The monoisotopic (exact) mass is 303 g/mol. The van der Waals surface area contributed by atoms with E-state index in [1.54, 1.807) is 19.1 Å². The Labute approximate surface area is 129 Å². The first kappa shape index (κ1) is 15.5. The van der Waals surface area contributed by atoms with Crippen molar-refractivity contribution in [3.05, 3.63) is 52.7 Å². The van der Waals surface area contributed by atoms with E-state index in [2.05, 4.69) is 4.98 Å². The Hall–Kier alpha value is -1.87. The van der Waals surface area contributed by atoms with E-state index in [1.165, 1.54) is 0 Å². The van der Waals surface area contributed by atoms with E-state index in [-0.39, 0.29) is 5.97 Å². The molecule has 110 valence electrons. The minimum Gasteiger partial charge on any atom is -0.456 e. The number of nitrogens with zero attached hydrogens (tertiary/aromatic N) is 1. The van der Waals surface area contributed by atoms with Gasteiger partial charge in [0.15, 0.2) is 0 Å². The zero-order valence-electron chi connectivity index (χ0n) is 12.6. The number of pyridine rings is 1. The molecule has 0 atom stereocenters. The highest BCUT2D eigenvalue weighted by atomic mass is 35.5. The lowest BCUT2D eigenvalue weighted by atomic mass is 10.1. The molecule has 3 nitrogen and oxygen atoms in total. The molecule has 0 bridgehead atoms. The van der Waals surface area contributed by atoms with E-state index in [1.807, 2.05) is 45.0 Å². The zero-order valence-corrected chi connectivity index (χ0v) is 13.4. The van der Waals surface area contributed by atoms with Crippen LogP contribution in [0, 0.1) is 6.92 Å². The van der Waals surface area contributed by atoms with E-state index in [0.29, 0.717) is 16.3 Å². The Kier molecular flexibility index (Phi) is 4.33. The van der Waals surface area contributed by atoms with Gasteiger partial charge < -0.3 is 4.74 Å². The average molecular weight is 304 g/mol. The Balaban J connectivity index is 2.32. The second kappa shape index (κ2) is 5.86. The largest absolute Gasteiger partial charge is 0.456 e. The maximum atomic E-state index is 12.1. The van der Waals surface area contributed by atoms with Gasteiger partial charge >= 0.3 is 5.97 Å². The van der Waals surface area contributed by atoms with Crippen LogP contribution in [0.4, 0.5) is 0 Å². The van der Waals surface area contributed by atoms with Crippen molar-refractivity contribution in [2.24, 2.45) is 0 Å². The highest BCUT2D eigenvalue weighted by Crippen LogP contribution is 2.23. The van der Waals surface area contributed by atoms with Crippen LogP contribution in [0.15, 0.2) is 36.4 Å². The standard InChI is InChI=1S/C17H18ClNO2/c1-11-14(16(20)21-17(2,3)4)8-9-15(19-11)12-6-5-7-13(18)10-12/h5-10H,1-4H3. The van der Waals surface area contributed by atoms with Crippen molar-refractivity contribution in [1.29, 1.82) is 0 Å². The lowest BCUT2D eigenvalue weighted by Gasteiger charge is -2.20. The predicted octanol–water partition coefficient (Wildman–Crippen LogP) is 4.67. The average Bonchev–Trinajstić information content (AvgIpc) is 2.36. The van der Waals surface area contributed by atoms with Gasteiger partial charge in [-0.05, 0) is 52.0 Å². The molecule has 0 spiro atoms. The van der Waals surface area contributed by atoms with Gasteiger partial charge in [-0.2, -0.15) is 0 Å². The second-order valence-corrected chi connectivity index (χ2v) is 6.28. The number of hydrogen-bond donors (Lipinski definition) is 0. The van der Waals surface area contributed by atoms with Gasteiger partial charge in [0.25, 0.3) is 0 Å². The van der Waals surface area contributed by atoms with Crippen LogP contribution in [0.5, 0.6) is 0 Å². The third kappa shape index (κ3) is 4.05. The second-order valence-electron chi connectivity index (χ2n) is 5.84. The summed E-state index contributed by atoms with van der Waals surface area (Å²) in [7, 11) is 0. The van der Waals surface area contributed by atoms with Gasteiger partial charge in [-0.25, -0.2) is 4.79 Å². The van der Waals surface area contributed by atoms with E-state index in [0.717, 1.165) is 11.3 Å². The van der Waals surface area contributed by atoms with Crippen LogP contribution < -0.4 is 0 Å². The van der Waals surface area contributed by atoms with Crippen molar-refractivity contribution in [3.63, 3.8) is 0 Å². The van der Waals surface area contributed by atoms with E-state index in [9.17, 15) is 4.79 Å². The normalized spacial score (nSPS) is 11.3. The molecule has 0 unspecified atom stereocenters. The van der Waals surface area contributed by atoms with Gasteiger partial charge in [0.05, 0.1) is 17.0 Å². The number of rotatable bonds is 2. The molecule has 0 aliphatic rings. The number of benzene rings is 1. The number of esters is 1. The summed E-state index contributed by atoms with van der Waals surface area (Å²) in [5.74, 6) is -0.356. The minimum atomic E-state index is -0.519. The van der Waals surface area contributed by atoms with Crippen LogP contribution in [0.1, 0.15) is 36.8 Å². The number of carbonyl (C=O) groups excluding carboxylic acids is 1. The molecule has 1 aromatic carbocycles. The third-order valence-electron chi connectivity index (χ3n) is 2.82. The van der Waals surface area contributed by atoms with Crippen molar-refractivity contribution < 1.29 is 9.53 Å². The van der Waals surface area contributed by atoms with Crippen LogP contribution in [0.25, 0.3) is 11.3 Å². The van der Waals surface area contributed by atoms with E-state index >= 15 is 0 Å². The highest BCUT2D eigenvalue weighted by Gasteiger charge is 2.20. The first-order chi connectivity index (χ1) is 9.76. The molecule has 2 aromatic rings. The topological polar surface area (TPSA) is 39.2 Å². The molecule has 0 saturated carbocycles. The molecule has 1 aromatic heterocycles. The van der Waals surface area contributed by atoms with Gasteiger partial charge in [0, 0.05) is 10.6 Å². The predicted molar refractivity (Wildman–Crippen MR) is 84.6 cm³/mol. The quantitative estimate of drug-likeness (QED) is 0.757. The summed E-state index contributed by atoms with van der Waals surface area (Å²) < 4.78 is 5.37. The SMILES string of the molecule is Cc1nc(-c2cccc(Cl)c2)ccc1C(=O)OC(C)(C)C. The highest BCUT2D eigenvalue weighted by molar-refractivity contribution is 6.30. The molecule has 0 radical (unpaired) electrons. The number of hydrogen-bond acceptors (Lipinski definition) is 3. The van der Waals surface area contributed by atoms with Crippen molar-refractivity contribution >= 4 is 17.6 Å². The summed E-state index contributed by atoms with van der Waals surface area (Å²) in [5, 5.41) is 0.656. The van der Waals surface area contributed by atoms with Gasteiger partial charge in [0.1, 0.15) is 5.60 Å². The van der Waals surface area contributed by atoms with Gasteiger partial charge in [0.2, 0.25) is 0 Å². The molecule has 0 aliphatic carbocycles. The van der Waals surface area contributed by atoms with E-state index < -0.39 is 5.60 Å². The van der Waals surface area contributed by atoms with Gasteiger partial charge in [-0.3, -0.25) is 4.98 Å². The molecule has 0 fully saturated rings. The summed E-state index contributed by atoms with van der Waals surface area (Å²) >= 11 is 5.99. The number of aromatic nitrogens is 1. The van der Waals surface area contributed by atoms with Crippen LogP contribution in [0.3, 0.4) is 0 Å². The van der Waals surface area contributed by atoms with Gasteiger partial charge in [-0.15, -0.1) is 0 Å². The molecule has 0 saturated heterocycles. The molecular formula is C17H18ClNO2. The summed E-state index contributed by atoms with van der Waals surface area (Å²) in [5.41, 5.74) is 2.30. The Morgan fingerprint density at radius 1 is 1.19 bits per heavy atom. The fourth-order valence-electron chi connectivity index (χ4n) is 1.92. The van der Waals surface area contributed by atoms with Crippen molar-refractivity contribution in [1.82, 2.24) is 4.98 Å². The summed E-state index contributed by atoms with van der Waals surface area (Å²) in [6, 6.07) is 11.0. The summed E-state index contributed by atoms with van der Waals surface area (Å²) in [6.45, 7) is 7.32. The first-order valence-electron chi connectivity index (χ1n) is 6.73. The van der Waals surface area contributed by atoms with Crippen molar-refractivity contribution in [2.75, 3.05) is 0 Å². The molecule has 21 heavy (non-hydrogen) atoms. The van der Waals surface area contributed by atoms with Crippen molar-refractivity contribution in [3.8, 4) is 11.3 Å². The van der Waals surface area contributed by atoms with Crippen LogP contribution in [-0.2, 0) is 4.74 Å². The zero-order chi connectivity index (χ0) is 15.6. The van der Waals surface area contributed by atoms with Crippen LogP contribution in [-0.4, -0.2) is 16.6 Å². The molecule has 4 heteroatoms. The maximum absolute atomic E-state index is 12.1. The Morgan fingerprint density at radius 2 is 1.90 bits per heavy atom. The van der Waals surface area contributed by atoms with Gasteiger partial charge in [-0.1, -0.05) is 23.7 Å². The summed E-state index contributed by atoms with van der Waals surface area (Å²) in [6.07, 6.45) is 0. The first-order valence-corrected chi connectivity index (χ1v) is 7.11. The Bertz CT molecular complexity index is 675. The molecule has 0 amide bonds. The molecule has 0 aliphatic heterocycles. The summed E-state index contributed by atoms with van der Waals surface area (Å²) in [4.78, 5) is 16.6. The van der Waals surface area contributed by atoms with Crippen LogP contribution in [0.2, 0.25) is 5.02 Å². The van der Waals surface area contributed by atoms with Crippen molar-refractivity contribution in [2.45, 2.75) is 33.3 Å². The lowest BCUT2D eigenvalue weighted by molar-refractivity contribution is 0.00683. The van der Waals surface area contributed by atoms with Crippen LogP contribution >= 0.6 is 11.6 Å². The molecular weight excluding hydrogens is 286 g/mol. The number of ether oxygens (including phenoxy) is 1. The fraction of sp³-hybridized carbons (Fsp3) is 0.294.